The van der Waals surface area contributed by atoms with Crippen LogP contribution in [0.5, 0.6) is 0 Å². The minimum atomic E-state index is -0.473. The quantitative estimate of drug-likeness (QED) is 0.862. The Kier molecular flexibility index (Phi) is 2.88. The lowest BCUT2D eigenvalue weighted by molar-refractivity contribution is 0.0635. The van der Waals surface area contributed by atoms with E-state index in [2.05, 4.69) is 10.3 Å². The summed E-state index contributed by atoms with van der Waals surface area (Å²) in [6.07, 6.45) is 2.00. The van der Waals surface area contributed by atoms with Gasteiger partial charge in [0.2, 0.25) is 0 Å². The monoisotopic (exact) mass is 240 g/mol. The highest BCUT2D eigenvalue weighted by Crippen LogP contribution is 2.41. The number of hydrogen-bond acceptors (Lipinski definition) is 4. The largest absolute Gasteiger partial charge is 0.444 e. The molecule has 0 saturated heterocycles. The van der Waals surface area contributed by atoms with Crippen molar-refractivity contribution in [2.24, 2.45) is 0 Å². The molecule has 88 valence electrons. The van der Waals surface area contributed by atoms with E-state index >= 15 is 0 Å². The zero-order chi connectivity index (χ0) is 11.8. The van der Waals surface area contributed by atoms with E-state index in [1.165, 1.54) is 12.8 Å². The Labute approximate surface area is 99.0 Å². The first-order valence-corrected chi connectivity index (χ1v) is 6.27. The highest BCUT2D eigenvalue weighted by atomic mass is 32.1. The maximum absolute atomic E-state index is 11.5. The number of hydrogen-bond donors (Lipinski definition) is 1. The highest BCUT2D eigenvalue weighted by molar-refractivity contribution is 7.10. The molecule has 0 spiro atoms. The average molecular weight is 240 g/mol. The number of thiazole rings is 1. The predicted molar refractivity (Wildman–Crippen MR) is 63.9 cm³/mol. The van der Waals surface area contributed by atoms with Gasteiger partial charge in [-0.25, -0.2) is 9.78 Å². The molecule has 1 aliphatic rings. The molecular weight excluding hydrogens is 224 g/mol. The van der Waals surface area contributed by atoms with Crippen LogP contribution in [0.2, 0.25) is 0 Å². The van der Waals surface area contributed by atoms with E-state index < -0.39 is 11.7 Å². The fourth-order valence-corrected chi connectivity index (χ4v) is 2.19. The molecule has 1 saturated carbocycles. The molecule has 2 rings (SSSR count). The molecule has 0 aromatic carbocycles. The van der Waals surface area contributed by atoms with Crippen molar-refractivity contribution >= 4 is 23.2 Å². The van der Waals surface area contributed by atoms with Crippen LogP contribution >= 0.6 is 11.3 Å². The number of aromatic nitrogens is 1. The van der Waals surface area contributed by atoms with E-state index in [0.717, 1.165) is 5.01 Å². The van der Waals surface area contributed by atoms with Gasteiger partial charge < -0.3 is 4.74 Å². The van der Waals surface area contributed by atoms with Gasteiger partial charge in [0.05, 0.1) is 5.01 Å². The average Bonchev–Trinajstić information content (AvgIpc) is 2.85. The Hall–Kier alpha value is -1.10. The molecule has 5 heteroatoms. The van der Waals surface area contributed by atoms with Gasteiger partial charge in [-0.15, -0.1) is 11.3 Å². The molecule has 4 nitrogen and oxygen atoms in total. The van der Waals surface area contributed by atoms with E-state index in [1.54, 1.807) is 11.3 Å². The maximum Gasteiger partial charge on any atom is 0.413 e. The maximum atomic E-state index is 11.5. The molecule has 1 aromatic heterocycles. The van der Waals surface area contributed by atoms with Gasteiger partial charge in [-0.2, -0.15) is 0 Å². The van der Waals surface area contributed by atoms with E-state index in [4.69, 9.17) is 4.74 Å². The van der Waals surface area contributed by atoms with Gasteiger partial charge in [-0.1, -0.05) is 0 Å². The summed E-state index contributed by atoms with van der Waals surface area (Å²) in [4.78, 5) is 15.8. The van der Waals surface area contributed by atoms with Gasteiger partial charge >= 0.3 is 6.09 Å². The zero-order valence-corrected chi connectivity index (χ0v) is 10.6. The molecule has 1 aliphatic carbocycles. The third-order valence-corrected chi connectivity index (χ3v) is 3.08. The molecule has 1 aromatic rings. The van der Waals surface area contributed by atoms with Crippen molar-refractivity contribution in [1.29, 1.82) is 0 Å². The number of nitrogens with zero attached hydrogens (tertiary/aromatic N) is 1. The summed E-state index contributed by atoms with van der Waals surface area (Å²) >= 11 is 1.60. The molecule has 0 aliphatic heterocycles. The summed E-state index contributed by atoms with van der Waals surface area (Å²) in [5.74, 6) is 1.22. The standard InChI is InChI=1S/C11H16N2O2S/c1-11(2,3)15-10(14)13-8-6-16-9(12-8)7-4-5-7/h6-7H,4-5H2,1-3H3,(H,13,14). The Balaban J connectivity index is 1.90. The van der Waals surface area contributed by atoms with Gasteiger partial charge in [0.25, 0.3) is 0 Å². The van der Waals surface area contributed by atoms with Crippen molar-refractivity contribution in [2.75, 3.05) is 5.32 Å². The van der Waals surface area contributed by atoms with Crippen molar-refractivity contribution in [3.63, 3.8) is 0 Å². The van der Waals surface area contributed by atoms with Crippen molar-refractivity contribution in [2.45, 2.75) is 45.1 Å². The molecular formula is C11H16N2O2S. The highest BCUT2D eigenvalue weighted by Gasteiger charge is 2.27. The molecule has 1 N–H and O–H groups in total. The van der Waals surface area contributed by atoms with Gasteiger partial charge in [0.1, 0.15) is 11.4 Å². The van der Waals surface area contributed by atoms with E-state index in [9.17, 15) is 4.79 Å². The first kappa shape index (κ1) is 11.4. The van der Waals surface area contributed by atoms with Crippen molar-refractivity contribution in [3.8, 4) is 0 Å². The molecule has 1 heterocycles. The second-order valence-corrected chi connectivity index (χ2v) is 5.86. The van der Waals surface area contributed by atoms with Crippen LogP contribution in [-0.2, 0) is 4.74 Å². The topological polar surface area (TPSA) is 51.2 Å². The van der Waals surface area contributed by atoms with Crippen LogP contribution < -0.4 is 5.32 Å². The Morgan fingerprint density at radius 2 is 2.25 bits per heavy atom. The molecule has 1 fully saturated rings. The molecule has 0 radical (unpaired) electrons. The predicted octanol–water partition coefficient (Wildman–Crippen LogP) is 3.37. The second kappa shape index (κ2) is 4.05. The Morgan fingerprint density at radius 3 is 2.81 bits per heavy atom. The summed E-state index contributed by atoms with van der Waals surface area (Å²) in [6.45, 7) is 5.51. The third-order valence-electron chi connectivity index (χ3n) is 2.08. The third kappa shape index (κ3) is 3.20. The van der Waals surface area contributed by atoms with Crippen LogP contribution in [0.1, 0.15) is 44.5 Å². The minimum absolute atomic E-state index is 0.444. The Bertz CT molecular complexity index is 391. The van der Waals surface area contributed by atoms with E-state index in [-0.39, 0.29) is 0 Å². The molecule has 1 amide bonds. The fraction of sp³-hybridized carbons (Fsp3) is 0.636. The zero-order valence-electron chi connectivity index (χ0n) is 9.74. The van der Waals surface area contributed by atoms with Crippen LogP contribution in [0.15, 0.2) is 5.38 Å². The number of nitrogens with one attached hydrogen (secondary N) is 1. The lowest BCUT2D eigenvalue weighted by atomic mass is 10.2. The lowest BCUT2D eigenvalue weighted by Gasteiger charge is -2.19. The van der Waals surface area contributed by atoms with Gasteiger partial charge in [-0.05, 0) is 33.6 Å². The summed E-state index contributed by atoms with van der Waals surface area (Å²) in [7, 11) is 0. The van der Waals surface area contributed by atoms with Crippen molar-refractivity contribution in [1.82, 2.24) is 4.98 Å². The SMILES string of the molecule is CC(C)(C)OC(=O)Nc1csc(C2CC2)n1. The second-order valence-electron chi connectivity index (χ2n) is 4.97. The van der Waals surface area contributed by atoms with Gasteiger partial charge in [0, 0.05) is 11.3 Å². The van der Waals surface area contributed by atoms with Crippen molar-refractivity contribution < 1.29 is 9.53 Å². The Morgan fingerprint density at radius 1 is 1.56 bits per heavy atom. The molecule has 0 atom stereocenters. The van der Waals surface area contributed by atoms with E-state index in [1.807, 2.05) is 26.2 Å². The van der Waals surface area contributed by atoms with Crippen LogP contribution in [-0.4, -0.2) is 16.7 Å². The molecule has 0 bridgehead atoms. The number of rotatable bonds is 2. The number of anilines is 1. The number of amides is 1. The van der Waals surface area contributed by atoms with Crippen LogP contribution in [0.25, 0.3) is 0 Å². The van der Waals surface area contributed by atoms with Crippen LogP contribution in [0, 0.1) is 0 Å². The number of ether oxygens (including phenoxy) is 1. The summed E-state index contributed by atoms with van der Waals surface area (Å²) in [5.41, 5.74) is -0.473. The van der Waals surface area contributed by atoms with Crippen molar-refractivity contribution in [3.05, 3.63) is 10.4 Å². The summed E-state index contributed by atoms with van der Waals surface area (Å²) < 4.78 is 5.14. The first-order chi connectivity index (χ1) is 7.44. The van der Waals surface area contributed by atoms with E-state index in [0.29, 0.717) is 11.7 Å². The van der Waals surface area contributed by atoms with Crippen LogP contribution in [0.4, 0.5) is 10.6 Å². The summed E-state index contributed by atoms with van der Waals surface area (Å²) in [6, 6.07) is 0. The fourth-order valence-electron chi connectivity index (χ4n) is 1.27. The minimum Gasteiger partial charge on any atom is -0.444 e. The number of carbonyl (C=O) groups is 1. The lowest BCUT2D eigenvalue weighted by Crippen LogP contribution is -2.27. The number of carbonyl (C=O) groups excluding carboxylic acids is 1. The molecule has 0 unspecified atom stereocenters. The van der Waals surface area contributed by atoms with Crippen LogP contribution in [0.3, 0.4) is 0 Å². The molecule has 16 heavy (non-hydrogen) atoms. The van der Waals surface area contributed by atoms with Gasteiger partial charge in [-0.3, -0.25) is 5.32 Å². The van der Waals surface area contributed by atoms with Gasteiger partial charge in [0.15, 0.2) is 0 Å². The normalized spacial score (nSPS) is 15.9. The summed E-state index contributed by atoms with van der Waals surface area (Å²) in [5, 5.41) is 5.62. The first-order valence-electron chi connectivity index (χ1n) is 5.39. The smallest absolute Gasteiger partial charge is 0.413 e.